The molecule has 0 amide bonds. The van der Waals surface area contributed by atoms with Crippen LogP contribution >= 0.6 is 0 Å². The molecule has 1 aromatic carbocycles. The van der Waals surface area contributed by atoms with E-state index in [9.17, 15) is 17.2 Å². The normalized spacial score (nSPS) is 12.3. The third kappa shape index (κ3) is 3.87. The molecule has 0 saturated heterocycles. The van der Waals surface area contributed by atoms with Crippen molar-refractivity contribution in [3.63, 3.8) is 0 Å². The van der Waals surface area contributed by atoms with Crippen LogP contribution in [-0.4, -0.2) is 44.0 Å². The van der Waals surface area contributed by atoms with Gasteiger partial charge in [0.15, 0.2) is 0 Å². The van der Waals surface area contributed by atoms with Gasteiger partial charge < -0.3 is 10.8 Å². The van der Waals surface area contributed by atoms with Gasteiger partial charge in [-0.25, -0.2) is 17.2 Å². The lowest BCUT2D eigenvalue weighted by Crippen LogP contribution is -2.37. The summed E-state index contributed by atoms with van der Waals surface area (Å²) in [5.74, 6) is 0. The molecule has 0 heterocycles. The summed E-state index contributed by atoms with van der Waals surface area (Å²) in [7, 11) is -4.09. The summed E-state index contributed by atoms with van der Waals surface area (Å²) >= 11 is 0. The van der Waals surface area contributed by atoms with E-state index in [1.807, 2.05) is 6.92 Å². The highest BCUT2D eigenvalue weighted by atomic mass is 32.2. The number of halogens is 2. The van der Waals surface area contributed by atoms with E-state index in [1.165, 1.54) is 12.1 Å². The van der Waals surface area contributed by atoms with Crippen LogP contribution in [0, 0.1) is 0 Å². The number of rotatable bonds is 7. The van der Waals surface area contributed by atoms with Gasteiger partial charge in [-0.15, -0.1) is 0 Å². The summed E-state index contributed by atoms with van der Waals surface area (Å²) in [6.45, 7) is -0.0103. The van der Waals surface area contributed by atoms with E-state index in [2.05, 4.69) is 0 Å². The highest BCUT2D eigenvalue weighted by molar-refractivity contribution is 7.89. The van der Waals surface area contributed by atoms with Crippen molar-refractivity contribution >= 4 is 15.7 Å². The number of aliphatic hydroxyl groups excluding tert-OH is 1. The van der Waals surface area contributed by atoms with Crippen molar-refractivity contribution in [2.24, 2.45) is 0 Å². The fourth-order valence-electron chi connectivity index (χ4n) is 1.78. The second-order valence-electron chi connectivity index (χ2n) is 4.19. The molecule has 0 saturated carbocycles. The van der Waals surface area contributed by atoms with E-state index in [0.717, 1.165) is 5.56 Å². The first-order valence-corrected chi connectivity index (χ1v) is 7.54. The molecule has 3 N–H and O–H groups in total. The van der Waals surface area contributed by atoms with Gasteiger partial charge >= 0.3 is 0 Å². The number of hydrogen-bond donors (Lipinski definition) is 2. The molecule has 0 aliphatic heterocycles. The molecule has 0 unspecified atom stereocenters. The minimum Gasteiger partial charge on any atom is -0.398 e. The Bertz CT molecular complexity index is 550. The number of alkyl halides is 2. The molecule has 0 aromatic heterocycles. The molecule has 1 aromatic rings. The zero-order valence-corrected chi connectivity index (χ0v) is 11.9. The maximum Gasteiger partial charge on any atom is 0.252 e. The van der Waals surface area contributed by atoms with Gasteiger partial charge in [-0.3, -0.25) is 0 Å². The number of aliphatic hydroxyl groups is 1. The maximum atomic E-state index is 12.4. The number of nitrogen functional groups attached to an aromatic ring is 1. The van der Waals surface area contributed by atoms with Gasteiger partial charge in [0, 0.05) is 12.2 Å². The molecule has 0 bridgehead atoms. The summed E-state index contributed by atoms with van der Waals surface area (Å²) in [6.07, 6.45) is -2.17. The Morgan fingerprint density at radius 1 is 1.40 bits per heavy atom. The van der Waals surface area contributed by atoms with Gasteiger partial charge in [0.1, 0.15) is 0 Å². The van der Waals surface area contributed by atoms with Gasteiger partial charge in [0.2, 0.25) is 10.0 Å². The Hall–Kier alpha value is -1.25. The van der Waals surface area contributed by atoms with Crippen molar-refractivity contribution in [1.29, 1.82) is 0 Å². The third-order valence-corrected chi connectivity index (χ3v) is 4.69. The number of anilines is 1. The maximum absolute atomic E-state index is 12.4. The molecular formula is C12H18F2N2O3S. The van der Waals surface area contributed by atoms with E-state index in [-0.39, 0.29) is 11.4 Å². The highest BCUT2D eigenvalue weighted by Crippen LogP contribution is 2.22. The van der Waals surface area contributed by atoms with Crippen LogP contribution in [0.1, 0.15) is 12.5 Å². The molecule has 0 aliphatic carbocycles. The minimum atomic E-state index is -4.09. The summed E-state index contributed by atoms with van der Waals surface area (Å²) in [4.78, 5) is -0.152. The zero-order valence-electron chi connectivity index (χ0n) is 11.1. The average Bonchev–Trinajstić information content (AvgIpc) is 2.37. The first-order chi connectivity index (χ1) is 9.32. The minimum absolute atomic E-state index is 0.152. The lowest BCUT2D eigenvalue weighted by atomic mass is 10.1. The number of sulfonamides is 1. The Labute approximate surface area is 117 Å². The van der Waals surface area contributed by atoms with Crippen molar-refractivity contribution in [2.45, 2.75) is 24.7 Å². The lowest BCUT2D eigenvalue weighted by molar-refractivity contribution is 0.113. The van der Waals surface area contributed by atoms with Crippen molar-refractivity contribution < 1.29 is 22.3 Å². The zero-order chi connectivity index (χ0) is 15.3. The van der Waals surface area contributed by atoms with E-state index in [1.54, 1.807) is 6.07 Å². The Balaban J connectivity index is 3.15. The number of benzene rings is 1. The van der Waals surface area contributed by atoms with E-state index < -0.39 is 29.6 Å². The quantitative estimate of drug-likeness (QED) is 0.738. The van der Waals surface area contributed by atoms with Gasteiger partial charge in [-0.05, 0) is 24.1 Å². The van der Waals surface area contributed by atoms with Crippen LogP contribution in [0.5, 0.6) is 0 Å². The summed E-state index contributed by atoms with van der Waals surface area (Å²) < 4.78 is 49.9. The van der Waals surface area contributed by atoms with Gasteiger partial charge in [-0.2, -0.15) is 4.31 Å². The first-order valence-electron chi connectivity index (χ1n) is 6.10. The Kier molecular flexibility index (Phi) is 5.85. The van der Waals surface area contributed by atoms with Gasteiger partial charge in [0.25, 0.3) is 6.43 Å². The molecule has 8 heteroatoms. The largest absolute Gasteiger partial charge is 0.398 e. The number of nitrogens with zero attached hydrogens (tertiary/aromatic N) is 1. The van der Waals surface area contributed by atoms with Crippen LogP contribution in [-0.2, 0) is 16.4 Å². The molecule has 0 radical (unpaired) electrons. The van der Waals surface area contributed by atoms with Crippen molar-refractivity contribution in [2.75, 3.05) is 25.4 Å². The van der Waals surface area contributed by atoms with Crippen LogP contribution in [0.2, 0.25) is 0 Å². The number of hydrogen-bond acceptors (Lipinski definition) is 4. The summed E-state index contributed by atoms with van der Waals surface area (Å²) in [6, 6.07) is 4.14. The molecule has 0 atom stereocenters. The van der Waals surface area contributed by atoms with E-state index >= 15 is 0 Å². The number of nitrogens with two attached hydrogens (primary N) is 1. The van der Waals surface area contributed by atoms with Crippen LogP contribution in [0.15, 0.2) is 23.1 Å². The second kappa shape index (κ2) is 6.96. The Morgan fingerprint density at radius 2 is 2.05 bits per heavy atom. The lowest BCUT2D eigenvalue weighted by Gasteiger charge is -2.21. The molecule has 1 rings (SSSR count). The fraction of sp³-hybridized carbons (Fsp3) is 0.500. The van der Waals surface area contributed by atoms with Gasteiger partial charge in [-0.1, -0.05) is 13.0 Å². The highest BCUT2D eigenvalue weighted by Gasteiger charge is 2.27. The predicted octanol–water partition coefficient (Wildman–Crippen LogP) is 1.08. The summed E-state index contributed by atoms with van der Waals surface area (Å²) in [5.41, 5.74) is 6.81. The number of aryl methyl sites for hydroxylation is 1. The molecule has 0 spiro atoms. The van der Waals surface area contributed by atoms with Crippen molar-refractivity contribution in [1.82, 2.24) is 4.31 Å². The fourth-order valence-corrected chi connectivity index (χ4v) is 3.22. The SMILES string of the molecule is CCc1ccc(S(=O)(=O)N(CCO)CC(F)F)cc1N. The van der Waals surface area contributed by atoms with Crippen LogP contribution in [0.25, 0.3) is 0 Å². The molecule has 0 fully saturated rings. The third-order valence-electron chi connectivity index (χ3n) is 2.83. The van der Waals surface area contributed by atoms with Crippen LogP contribution < -0.4 is 5.73 Å². The smallest absolute Gasteiger partial charge is 0.252 e. The second-order valence-corrected chi connectivity index (χ2v) is 6.13. The van der Waals surface area contributed by atoms with Gasteiger partial charge in [0.05, 0.1) is 18.0 Å². The van der Waals surface area contributed by atoms with E-state index in [0.29, 0.717) is 16.4 Å². The molecular weight excluding hydrogens is 290 g/mol. The molecule has 0 aliphatic rings. The predicted molar refractivity (Wildman–Crippen MR) is 72.1 cm³/mol. The Morgan fingerprint density at radius 3 is 2.50 bits per heavy atom. The standard InChI is InChI=1S/C12H18F2N2O3S/c1-2-9-3-4-10(7-11(9)15)20(18,19)16(5-6-17)8-12(13)14/h3-4,7,12,17H,2,5-6,8,15H2,1H3. The van der Waals surface area contributed by atoms with Crippen molar-refractivity contribution in [3.05, 3.63) is 23.8 Å². The van der Waals surface area contributed by atoms with Crippen LogP contribution in [0.4, 0.5) is 14.5 Å². The van der Waals surface area contributed by atoms with Crippen molar-refractivity contribution in [3.8, 4) is 0 Å². The molecule has 114 valence electrons. The monoisotopic (exact) mass is 308 g/mol. The summed E-state index contributed by atoms with van der Waals surface area (Å²) in [5, 5.41) is 8.82. The molecule has 20 heavy (non-hydrogen) atoms. The molecule has 5 nitrogen and oxygen atoms in total. The topological polar surface area (TPSA) is 83.6 Å². The first kappa shape index (κ1) is 16.8. The van der Waals surface area contributed by atoms with Crippen LogP contribution in [0.3, 0.4) is 0 Å². The van der Waals surface area contributed by atoms with E-state index in [4.69, 9.17) is 10.8 Å². The average molecular weight is 308 g/mol.